The minimum Gasteiger partial charge on any atom is -0.496 e. The van der Waals surface area contributed by atoms with Gasteiger partial charge in [-0.3, -0.25) is 9.59 Å². The second-order valence-electron chi connectivity index (χ2n) is 4.42. The fourth-order valence-corrected chi connectivity index (χ4v) is 2.49. The van der Waals surface area contributed by atoms with Crippen LogP contribution in [0.5, 0.6) is 5.75 Å². The van der Waals surface area contributed by atoms with Gasteiger partial charge in [0.05, 0.1) is 14.2 Å². The second-order valence-corrected chi connectivity index (χ2v) is 4.42. The molecule has 1 aliphatic carbocycles. The van der Waals surface area contributed by atoms with E-state index >= 15 is 0 Å². The van der Waals surface area contributed by atoms with Gasteiger partial charge in [0.25, 0.3) is 0 Å². The van der Waals surface area contributed by atoms with Crippen LogP contribution in [0.1, 0.15) is 27.9 Å². The summed E-state index contributed by atoms with van der Waals surface area (Å²) in [5.74, 6) is -0.562. The Morgan fingerprint density at radius 1 is 1.33 bits per heavy atom. The Morgan fingerprint density at radius 2 is 2.06 bits per heavy atom. The summed E-state index contributed by atoms with van der Waals surface area (Å²) in [5.41, 5.74) is 2.41. The van der Waals surface area contributed by atoms with Crippen molar-refractivity contribution in [3.63, 3.8) is 0 Å². The third-order valence-corrected chi connectivity index (χ3v) is 3.43. The Balaban J connectivity index is 2.49. The van der Waals surface area contributed by atoms with Gasteiger partial charge in [0.1, 0.15) is 11.7 Å². The third kappa shape index (κ3) is 1.88. The number of hydrogen-bond acceptors (Lipinski definition) is 4. The van der Waals surface area contributed by atoms with Crippen molar-refractivity contribution in [1.82, 2.24) is 0 Å². The summed E-state index contributed by atoms with van der Waals surface area (Å²) < 4.78 is 9.95. The zero-order valence-corrected chi connectivity index (χ0v) is 10.8. The summed E-state index contributed by atoms with van der Waals surface area (Å²) in [6, 6.07) is 3.70. The molecule has 2 rings (SSSR count). The molecular formula is C14H16O4. The molecule has 0 heterocycles. The van der Waals surface area contributed by atoms with Crippen molar-refractivity contribution in [2.45, 2.75) is 19.8 Å². The summed E-state index contributed by atoms with van der Waals surface area (Å²) in [7, 11) is 2.89. The number of carbonyl (C=O) groups is 2. The maximum Gasteiger partial charge on any atom is 0.316 e. The maximum absolute atomic E-state index is 12.3. The molecule has 0 amide bonds. The third-order valence-electron chi connectivity index (χ3n) is 3.43. The van der Waals surface area contributed by atoms with E-state index in [0.717, 1.165) is 11.1 Å². The number of Topliss-reactive ketones (excluding diaryl/α,β-unsaturated/α-hetero) is 1. The van der Waals surface area contributed by atoms with Gasteiger partial charge >= 0.3 is 5.97 Å². The van der Waals surface area contributed by atoms with Crippen LogP contribution in [-0.4, -0.2) is 26.0 Å². The largest absolute Gasteiger partial charge is 0.496 e. The Bertz CT molecular complexity index is 505. The Labute approximate surface area is 106 Å². The molecule has 0 spiro atoms. The second kappa shape index (κ2) is 4.80. The molecule has 0 aliphatic heterocycles. The SMILES string of the molecule is COC(=O)C1CCc2c(OC)ccc(C)c2C1=O. The standard InChI is InChI=1S/C14H16O4/c1-8-4-7-11(17-2)9-5-6-10(14(16)18-3)13(15)12(8)9/h4,7,10H,5-6H2,1-3H3. The first-order valence-corrected chi connectivity index (χ1v) is 5.88. The molecule has 1 aromatic rings. The minimum atomic E-state index is -0.673. The Hall–Kier alpha value is -1.84. The normalized spacial score (nSPS) is 18.2. The van der Waals surface area contributed by atoms with Gasteiger partial charge in [-0.15, -0.1) is 0 Å². The molecule has 96 valence electrons. The summed E-state index contributed by atoms with van der Waals surface area (Å²) in [6.07, 6.45) is 1.14. The van der Waals surface area contributed by atoms with Crippen molar-refractivity contribution in [1.29, 1.82) is 0 Å². The highest BCUT2D eigenvalue weighted by Crippen LogP contribution is 2.34. The number of methoxy groups -OCH3 is 2. The fourth-order valence-electron chi connectivity index (χ4n) is 2.49. The number of esters is 1. The summed E-state index contributed by atoms with van der Waals surface area (Å²) in [6.45, 7) is 1.87. The Kier molecular flexibility index (Phi) is 3.36. The van der Waals surface area contributed by atoms with E-state index in [1.54, 1.807) is 7.11 Å². The first-order chi connectivity index (χ1) is 8.60. The average Bonchev–Trinajstić information content (AvgIpc) is 2.38. The van der Waals surface area contributed by atoms with E-state index in [-0.39, 0.29) is 5.78 Å². The van der Waals surface area contributed by atoms with Crippen LogP contribution in [0.4, 0.5) is 0 Å². The molecule has 4 heteroatoms. The monoisotopic (exact) mass is 248 g/mol. The average molecular weight is 248 g/mol. The fraction of sp³-hybridized carbons (Fsp3) is 0.429. The van der Waals surface area contributed by atoms with E-state index in [4.69, 9.17) is 4.74 Å². The van der Waals surface area contributed by atoms with Crippen LogP contribution < -0.4 is 4.74 Å². The summed E-state index contributed by atoms with van der Waals surface area (Å²) >= 11 is 0. The molecule has 0 saturated heterocycles. The zero-order valence-electron chi connectivity index (χ0n) is 10.8. The van der Waals surface area contributed by atoms with Crippen molar-refractivity contribution in [2.75, 3.05) is 14.2 Å². The molecule has 0 saturated carbocycles. The van der Waals surface area contributed by atoms with E-state index in [1.807, 2.05) is 19.1 Å². The first kappa shape index (κ1) is 12.6. The number of rotatable bonds is 2. The minimum absolute atomic E-state index is 0.153. The van der Waals surface area contributed by atoms with Crippen molar-refractivity contribution in [3.05, 3.63) is 28.8 Å². The van der Waals surface area contributed by atoms with Gasteiger partial charge in [-0.05, 0) is 31.4 Å². The van der Waals surface area contributed by atoms with Crippen LogP contribution in [0.25, 0.3) is 0 Å². The topological polar surface area (TPSA) is 52.6 Å². The molecule has 0 radical (unpaired) electrons. The quantitative estimate of drug-likeness (QED) is 0.592. The van der Waals surface area contributed by atoms with Crippen LogP contribution in [0, 0.1) is 12.8 Å². The molecule has 1 atom stereocenters. The van der Waals surface area contributed by atoms with Crippen LogP contribution in [-0.2, 0) is 16.0 Å². The van der Waals surface area contributed by atoms with Gasteiger partial charge < -0.3 is 9.47 Å². The highest BCUT2D eigenvalue weighted by atomic mass is 16.5. The van der Waals surface area contributed by atoms with Gasteiger partial charge in [-0.2, -0.15) is 0 Å². The molecule has 18 heavy (non-hydrogen) atoms. The number of ketones is 1. The lowest BCUT2D eigenvalue weighted by Crippen LogP contribution is -2.31. The first-order valence-electron chi connectivity index (χ1n) is 5.88. The van der Waals surface area contributed by atoms with E-state index in [0.29, 0.717) is 24.2 Å². The smallest absolute Gasteiger partial charge is 0.316 e. The number of hydrogen-bond donors (Lipinski definition) is 0. The van der Waals surface area contributed by atoms with Crippen LogP contribution in [0.2, 0.25) is 0 Å². The van der Waals surface area contributed by atoms with Crippen molar-refractivity contribution in [2.24, 2.45) is 5.92 Å². The number of benzene rings is 1. The zero-order chi connectivity index (χ0) is 13.3. The molecule has 0 aromatic heterocycles. The van der Waals surface area contributed by atoms with Crippen molar-refractivity contribution < 1.29 is 19.1 Å². The van der Waals surface area contributed by atoms with Gasteiger partial charge in [0.2, 0.25) is 0 Å². The molecule has 1 unspecified atom stereocenters. The highest BCUT2D eigenvalue weighted by Gasteiger charge is 2.35. The van der Waals surface area contributed by atoms with Crippen LogP contribution in [0.15, 0.2) is 12.1 Å². The van der Waals surface area contributed by atoms with E-state index in [1.165, 1.54) is 7.11 Å². The molecular weight excluding hydrogens is 232 g/mol. The highest BCUT2D eigenvalue weighted by molar-refractivity contribution is 6.11. The molecule has 4 nitrogen and oxygen atoms in total. The van der Waals surface area contributed by atoms with Gasteiger partial charge in [0, 0.05) is 11.1 Å². The molecule has 1 aromatic carbocycles. The van der Waals surface area contributed by atoms with Gasteiger partial charge in [0.15, 0.2) is 5.78 Å². The van der Waals surface area contributed by atoms with Gasteiger partial charge in [-0.25, -0.2) is 0 Å². The summed E-state index contributed by atoms with van der Waals surface area (Å²) in [5, 5.41) is 0. The predicted molar refractivity (Wildman–Crippen MR) is 65.9 cm³/mol. The Morgan fingerprint density at radius 3 is 2.67 bits per heavy atom. The number of carbonyl (C=O) groups excluding carboxylic acids is 2. The van der Waals surface area contributed by atoms with Crippen LogP contribution in [0.3, 0.4) is 0 Å². The maximum atomic E-state index is 12.3. The number of fused-ring (bicyclic) bond motifs is 1. The number of ether oxygens (including phenoxy) is 2. The van der Waals surface area contributed by atoms with Crippen molar-refractivity contribution in [3.8, 4) is 5.75 Å². The predicted octanol–water partition coefficient (Wildman–Crippen LogP) is 1.92. The lowest BCUT2D eigenvalue weighted by molar-refractivity contribution is -0.143. The lowest BCUT2D eigenvalue weighted by atomic mass is 9.80. The van der Waals surface area contributed by atoms with Crippen molar-refractivity contribution >= 4 is 11.8 Å². The molecule has 0 N–H and O–H groups in total. The molecule has 1 aliphatic rings. The van der Waals surface area contributed by atoms with Crippen LogP contribution >= 0.6 is 0 Å². The molecule has 0 bridgehead atoms. The van der Waals surface area contributed by atoms with Gasteiger partial charge in [-0.1, -0.05) is 6.07 Å². The van der Waals surface area contributed by atoms with E-state index in [9.17, 15) is 9.59 Å². The molecule has 0 fully saturated rings. The lowest BCUT2D eigenvalue weighted by Gasteiger charge is -2.24. The van der Waals surface area contributed by atoms with E-state index < -0.39 is 11.9 Å². The van der Waals surface area contributed by atoms with E-state index in [2.05, 4.69) is 4.74 Å². The number of aryl methyl sites for hydroxylation is 1. The summed E-state index contributed by atoms with van der Waals surface area (Å²) in [4.78, 5) is 23.9.